The van der Waals surface area contributed by atoms with E-state index in [0.29, 0.717) is 25.8 Å². The number of carbonyl (C=O) groups excluding carboxylic acids is 2. The minimum atomic E-state index is 0.0375. The van der Waals surface area contributed by atoms with Crippen LogP contribution in [0.2, 0.25) is 0 Å². The molecule has 0 fully saturated rings. The number of terminal acetylenes is 1. The van der Waals surface area contributed by atoms with Crippen LogP contribution in [0.15, 0.2) is 30.3 Å². The van der Waals surface area contributed by atoms with Crippen molar-refractivity contribution >= 4 is 11.8 Å². The Morgan fingerprint density at radius 2 is 1.56 bits per heavy atom. The van der Waals surface area contributed by atoms with Crippen LogP contribution in [0.25, 0.3) is 0 Å². The first-order chi connectivity index (χ1) is 12.0. The van der Waals surface area contributed by atoms with Gasteiger partial charge in [0.1, 0.15) is 0 Å². The molecule has 0 aliphatic rings. The molecule has 0 radical (unpaired) electrons. The Balaban J connectivity index is -0.000000312. The normalized spacial score (nSPS) is 7.88. The molecule has 0 aromatic heterocycles. The summed E-state index contributed by atoms with van der Waals surface area (Å²) in [5.41, 5.74) is 1.05. The molecule has 2 N–H and O–H groups in total. The lowest BCUT2D eigenvalue weighted by molar-refractivity contribution is -0.121. The van der Waals surface area contributed by atoms with E-state index in [1.165, 1.54) is 6.42 Å². The molecule has 142 valence electrons. The molecule has 0 saturated carbocycles. The number of hydrogen-bond acceptors (Lipinski definition) is 2. The van der Waals surface area contributed by atoms with Gasteiger partial charge in [-0.15, -0.1) is 12.3 Å². The lowest BCUT2D eigenvalue weighted by atomic mass is 10.1. The smallest absolute Gasteiger partial charge is 0.224 e. The second-order valence-corrected chi connectivity index (χ2v) is 4.70. The van der Waals surface area contributed by atoms with Crippen molar-refractivity contribution in [1.82, 2.24) is 10.6 Å². The zero-order chi connectivity index (χ0) is 19.9. The lowest BCUT2D eigenvalue weighted by Gasteiger charge is -1.98. The maximum atomic E-state index is 10.9. The highest BCUT2D eigenvalue weighted by Crippen LogP contribution is 1.98. The Labute approximate surface area is 154 Å². The highest BCUT2D eigenvalue weighted by molar-refractivity contribution is 5.78. The largest absolute Gasteiger partial charge is 0.359 e. The number of benzene rings is 1. The van der Waals surface area contributed by atoms with E-state index in [2.05, 4.69) is 30.4 Å². The topological polar surface area (TPSA) is 58.2 Å². The third-order valence-electron chi connectivity index (χ3n) is 2.36. The van der Waals surface area contributed by atoms with Gasteiger partial charge in [-0.05, 0) is 12.5 Å². The van der Waals surface area contributed by atoms with Crippen molar-refractivity contribution in [3.8, 4) is 12.3 Å². The molecule has 4 heteroatoms. The van der Waals surface area contributed by atoms with Crippen LogP contribution in [0, 0.1) is 12.3 Å². The summed E-state index contributed by atoms with van der Waals surface area (Å²) in [4.78, 5) is 21.5. The molecule has 0 saturated heterocycles. The quantitative estimate of drug-likeness (QED) is 0.792. The summed E-state index contributed by atoms with van der Waals surface area (Å²) in [5, 5.41) is 5.22. The average molecular weight is 349 g/mol. The minimum Gasteiger partial charge on any atom is -0.359 e. The van der Waals surface area contributed by atoms with Crippen LogP contribution >= 0.6 is 0 Å². The molecule has 1 aromatic rings. The van der Waals surface area contributed by atoms with E-state index in [0.717, 1.165) is 5.56 Å². The van der Waals surface area contributed by atoms with Crippen LogP contribution in [-0.4, -0.2) is 25.4 Å². The first kappa shape index (κ1) is 27.6. The van der Waals surface area contributed by atoms with Gasteiger partial charge in [-0.3, -0.25) is 9.59 Å². The van der Waals surface area contributed by atoms with Gasteiger partial charge in [-0.2, -0.15) is 0 Å². The lowest BCUT2D eigenvalue weighted by Crippen LogP contribution is -2.21. The van der Waals surface area contributed by atoms with Crippen LogP contribution in [0.5, 0.6) is 0 Å². The number of nitrogens with one attached hydrogen (secondary N) is 2. The van der Waals surface area contributed by atoms with Crippen molar-refractivity contribution in [1.29, 1.82) is 0 Å². The zero-order valence-electron chi connectivity index (χ0n) is 16.8. The van der Waals surface area contributed by atoms with Crippen molar-refractivity contribution in [2.75, 3.05) is 13.6 Å². The first-order valence-electron chi connectivity index (χ1n) is 9.00. The second-order valence-electron chi connectivity index (χ2n) is 4.70. The van der Waals surface area contributed by atoms with Gasteiger partial charge in [0.25, 0.3) is 0 Å². The van der Waals surface area contributed by atoms with Gasteiger partial charge in [-0.1, -0.05) is 64.4 Å². The van der Waals surface area contributed by atoms with Gasteiger partial charge >= 0.3 is 0 Å². The maximum Gasteiger partial charge on any atom is 0.224 e. The average Bonchev–Trinajstić information content (AvgIpc) is 2.64. The van der Waals surface area contributed by atoms with Crippen LogP contribution in [0.1, 0.15) is 59.4 Å². The van der Waals surface area contributed by atoms with Crippen LogP contribution < -0.4 is 10.6 Å². The van der Waals surface area contributed by atoms with E-state index in [1.54, 1.807) is 7.05 Å². The summed E-state index contributed by atoms with van der Waals surface area (Å²) in [6.45, 7) is 10.8. The molecule has 1 aromatic carbocycles. The predicted octanol–water partition coefficient (Wildman–Crippen LogP) is 3.95. The van der Waals surface area contributed by atoms with Gasteiger partial charge in [0.15, 0.2) is 0 Å². The van der Waals surface area contributed by atoms with Gasteiger partial charge in [-0.25, -0.2) is 0 Å². The van der Waals surface area contributed by atoms with E-state index in [1.807, 2.05) is 51.1 Å². The van der Waals surface area contributed by atoms with Crippen molar-refractivity contribution in [2.45, 2.75) is 60.3 Å². The fourth-order valence-corrected chi connectivity index (χ4v) is 1.34. The Hall–Kier alpha value is -2.28. The molecule has 0 atom stereocenters. The predicted molar refractivity (Wildman–Crippen MR) is 108 cm³/mol. The van der Waals surface area contributed by atoms with Crippen molar-refractivity contribution in [2.24, 2.45) is 0 Å². The van der Waals surface area contributed by atoms with E-state index < -0.39 is 0 Å². The van der Waals surface area contributed by atoms with Gasteiger partial charge in [0.2, 0.25) is 11.8 Å². The third kappa shape index (κ3) is 24.1. The number of rotatable bonds is 5. The van der Waals surface area contributed by atoms with Gasteiger partial charge in [0, 0.05) is 26.4 Å². The van der Waals surface area contributed by atoms with Gasteiger partial charge in [0.05, 0.1) is 6.42 Å². The van der Waals surface area contributed by atoms with Crippen LogP contribution in [0.3, 0.4) is 0 Å². The molecule has 0 heterocycles. The molecule has 2 amide bonds. The Bertz CT molecular complexity index is 451. The minimum absolute atomic E-state index is 0.0375. The molecule has 4 nitrogen and oxygen atoms in total. The van der Waals surface area contributed by atoms with Crippen LogP contribution in [-0.2, 0) is 16.0 Å². The summed E-state index contributed by atoms with van der Waals surface area (Å²) < 4.78 is 0. The first-order valence-corrected chi connectivity index (χ1v) is 9.00. The highest BCUT2D eigenvalue weighted by atomic mass is 16.2. The van der Waals surface area contributed by atoms with Crippen LogP contribution in [0.4, 0.5) is 0 Å². The van der Waals surface area contributed by atoms with Gasteiger partial charge < -0.3 is 10.6 Å². The molecular weight excluding hydrogens is 312 g/mol. The molecular formula is C21H36N2O2. The van der Waals surface area contributed by atoms with E-state index >= 15 is 0 Å². The number of amides is 2. The zero-order valence-corrected chi connectivity index (χ0v) is 16.8. The molecule has 0 bridgehead atoms. The standard InChI is InChI=1S/C9H11NO.C7H11NO.C3H8.C2H6/c1-10-9(11)7-8-5-3-2-4-6-8;1-3-5-6-7(9)8-4-2;1-3-2;1-2/h2-6H,7H2,1H3,(H,10,11);1H,4-6H2,2H3,(H,8,9);3H2,1-2H3;1-2H3. The molecule has 0 spiro atoms. The maximum absolute atomic E-state index is 10.9. The van der Waals surface area contributed by atoms with E-state index in [-0.39, 0.29) is 11.8 Å². The molecule has 25 heavy (non-hydrogen) atoms. The summed E-state index contributed by atoms with van der Waals surface area (Å²) in [6.07, 6.45) is 7.64. The molecule has 1 rings (SSSR count). The Morgan fingerprint density at radius 3 is 1.96 bits per heavy atom. The molecule has 0 aliphatic carbocycles. The Morgan fingerprint density at radius 1 is 1.04 bits per heavy atom. The summed E-state index contributed by atoms with van der Waals surface area (Å²) in [6, 6.07) is 9.67. The van der Waals surface area contributed by atoms with E-state index in [4.69, 9.17) is 6.42 Å². The highest BCUT2D eigenvalue weighted by Gasteiger charge is 1.97. The number of carbonyl (C=O) groups is 2. The Kier molecular flexibility index (Phi) is 26.4. The number of hydrogen-bond donors (Lipinski definition) is 2. The number of likely N-dealkylation sites (N-methyl/N-ethyl adjacent to an activating group) is 1. The third-order valence-corrected chi connectivity index (χ3v) is 2.36. The second kappa shape index (κ2) is 24.0. The van der Waals surface area contributed by atoms with Crippen molar-refractivity contribution < 1.29 is 9.59 Å². The van der Waals surface area contributed by atoms with E-state index in [9.17, 15) is 9.59 Å². The fourth-order valence-electron chi connectivity index (χ4n) is 1.34. The molecule has 0 unspecified atom stereocenters. The summed E-state index contributed by atoms with van der Waals surface area (Å²) >= 11 is 0. The van der Waals surface area contributed by atoms with Crippen molar-refractivity contribution in [3.63, 3.8) is 0 Å². The summed E-state index contributed by atoms with van der Waals surface area (Å²) in [5.74, 6) is 2.49. The summed E-state index contributed by atoms with van der Waals surface area (Å²) in [7, 11) is 1.64. The van der Waals surface area contributed by atoms with Crippen molar-refractivity contribution in [3.05, 3.63) is 35.9 Å². The fraction of sp³-hybridized carbons (Fsp3) is 0.524. The SMILES string of the molecule is C#CCCC(=O)NCC.CC.CCC.CNC(=O)Cc1ccccc1. The molecule has 0 aliphatic heterocycles. The monoisotopic (exact) mass is 348 g/mol.